The summed E-state index contributed by atoms with van der Waals surface area (Å²) in [5, 5.41) is 3.30. The van der Waals surface area contributed by atoms with Gasteiger partial charge in [0.25, 0.3) is 0 Å². The molecule has 0 fully saturated rings. The van der Waals surface area contributed by atoms with Crippen LogP contribution < -0.4 is 5.32 Å². The van der Waals surface area contributed by atoms with Crippen molar-refractivity contribution in [3.8, 4) is 0 Å². The highest BCUT2D eigenvalue weighted by molar-refractivity contribution is 5.69. The summed E-state index contributed by atoms with van der Waals surface area (Å²) in [5.74, 6) is -0.218. The fourth-order valence-corrected chi connectivity index (χ4v) is 3.68. The highest BCUT2D eigenvalue weighted by Crippen LogP contribution is 2.15. The molecule has 0 radical (unpaired) electrons. The van der Waals surface area contributed by atoms with E-state index in [1.807, 2.05) is 19.9 Å². The van der Waals surface area contributed by atoms with Crippen molar-refractivity contribution in [2.45, 2.75) is 150 Å². The summed E-state index contributed by atoms with van der Waals surface area (Å²) < 4.78 is 11.0. The van der Waals surface area contributed by atoms with Crippen LogP contribution in [0.25, 0.3) is 0 Å². The lowest BCUT2D eigenvalue weighted by Gasteiger charge is -2.18. The number of allylic oxidation sites excluding steroid dienone is 1. The highest BCUT2D eigenvalue weighted by Gasteiger charge is 2.13. The number of ether oxygens (including phenoxy) is 2. The molecule has 0 spiro atoms. The second-order valence-corrected chi connectivity index (χ2v) is 9.06. The fourth-order valence-electron chi connectivity index (χ4n) is 3.68. The summed E-state index contributed by atoms with van der Waals surface area (Å²) in [6, 6.07) is 0. The van der Waals surface area contributed by atoms with Gasteiger partial charge in [-0.1, -0.05) is 91.7 Å². The molecular formula is C30H59NO4. The minimum absolute atomic E-state index is 0.0724. The van der Waals surface area contributed by atoms with E-state index in [9.17, 15) is 9.59 Å². The second kappa shape index (κ2) is 30.7. The van der Waals surface area contributed by atoms with E-state index in [-0.39, 0.29) is 18.0 Å². The van der Waals surface area contributed by atoms with Gasteiger partial charge in [0.15, 0.2) is 0 Å². The minimum Gasteiger partial charge on any atom is -0.462 e. The quantitative estimate of drug-likeness (QED) is 0.0825. The van der Waals surface area contributed by atoms with E-state index in [2.05, 4.69) is 32.2 Å². The molecule has 0 unspecified atom stereocenters. The van der Waals surface area contributed by atoms with E-state index in [1.165, 1.54) is 51.4 Å². The van der Waals surface area contributed by atoms with Crippen molar-refractivity contribution >= 4 is 11.9 Å². The van der Waals surface area contributed by atoms with Gasteiger partial charge < -0.3 is 14.8 Å². The lowest BCUT2D eigenvalue weighted by molar-refractivity contribution is -0.150. The van der Waals surface area contributed by atoms with Crippen LogP contribution in [0.5, 0.6) is 0 Å². The Balaban J connectivity index is 0. The molecular weight excluding hydrogens is 438 g/mol. The lowest BCUT2D eigenvalue weighted by atomic mass is 10.0. The van der Waals surface area contributed by atoms with E-state index < -0.39 is 0 Å². The Kier molecular flexibility index (Phi) is 31.4. The van der Waals surface area contributed by atoms with Gasteiger partial charge in [0, 0.05) is 12.8 Å². The summed E-state index contributed by atoms with van der Waals surface area (Å²) in [7, 11) is 0. The molecule has 35 heavy (non-hydrogen) atoms. The van der Waals surface area contributed by atoms with Gasteiger partial charge in [0.1, 0.15) is 12.7 Å². The molecule has 0 aliphatic heterocycles. The van der Waals surface area contributed by atoms with Crippen molar-refractivity contribution in [3.63, 3.8) is 0 Å². The van der Waals surface area contributed by atoms with Gasteiger partial charge >= 0.3 is 11.9 Å². The van der Waals surface area contributed by atoms with E-state index in [1.54, 1.807) is 0 Å². The average Bonchev–Trinajstić information content (AvgIpc) is 2.86. The van der Waals surface area contributed by atoms with Crippen LogP contribution in [-0.2, 0) is 19.1 Å². The summed E-state index contributed by atoms with van der Waals surface area (Å²) in [6.07, 6.45) is 21.7. The van der Waals surface area contributed by atoms with Crippen molar-refractivity contribution in [3.05, 3.63) is 12.2 Å². The number of rotatable bonds is 24. The zero-order valence-electron chi connectivity index (χ0n) is 24.0. The first-order valence-electron chi connectivity index (χ1n) is 14.8. The molecule has 0 bridgehead atoms. The first kappa shape index (κ1) is 35.8. The summed E-state index contributed by atoms with van der Waals surface area (Å²) in [5.41, 5.74) is 0. The topological polar surface area (TPSA) is 64.6 Å². The molecule has 0 aliphatic rings. The fraction of sp³-hybridized carbons (Fsp3) is 0.867. The molecule has 0 saturated heterocycles. The van der Waals surface area contributed by atoms with Gasteiger partial charge in [-0.3, -0.25) is 9.59 Å². The molecule has 5 heteroatoms. The van der Waals surface area contributed by atoms with Gasteiger partial charge in [0.2, 0.25) is 0 Å². The summed E-state index contributed by atoms with van der Waals surface area (Å²) >= 11 is 0. The Labute approximate surface area is 218 Å². The number of hydrogen-bond acceptors (Lipinski definition) is 5. The molecule has 0 rings (SSSR count). The number of hydrogen-bond donors (Lipinski definition) is 1. The molecule has 0 saturated carbocycles. The van der Waals surface area contributed by atoms with Crippen LogP contribution in [0.2, 0.25) is 0 Å². The van der Waals surface area contributed by atoms with Gasteiger partial charge in [-0.25, -0.2) is 0 Å². The molecule has 5 nitrogen and oxygen atoms in total. The predicted octanol–water partition coefficient (Wildman–Crippen LogP) is 8.30. The zero-order chi connectivity index (χ0) is 26.4. The Bertz CT molecular complexity index is 469. The zero-order valence-corrected chi connectivity index (χ0v) is 24.0. The van der Waals surface area contributed by atoms with Gasteiger partial charge in [-0.05, 0) is 64.5 Å². The van der Waals surface area contributed by atoms with E-state index in [4.69, 9.17) is 9.47 Å². The Morgan fingerprint density at radius 2 is 1.23 bits per heavy atom. The first-order valence-corrected chi connectivity index (χ1v) is 14.8. The van der Waals surface area contributed by atoms with Crippen LogP contribution >= 0.6 is 0 Å². The minimum atomic E-state index is -0.145. The number of nitrogens with one attached hydrogen (secondary N) is 1. The molecule has 0 heterocycles. The van der Waals surface area contributed by atoms with E-state index >= 15 is 0 Å². The smallest absolute Gasteiger partial charge is 0.306 e. The largest absolute Gasteiger partial charge is 0.462 e. The van der Waals surface area contributed by atoms with Crippen molar-refractivity contribution in [2.24, 2.45) is 0 Å². The standard InChI is InChI=1S/C28H53NO4.C2H6/c1-4-7-10-11-12-13-16-25-32-27(30)21-17-23-29-24-18-22-28(31)33-26(19-14-8-5-2)20-15-9-6-3;1-2/h13,16,26,29H,4-12,14-15,17-25H2,1-3H3;1-2H3/b16-13-;. The third-order valence-electron chi connectivity index (χ3n) is 5.76. The Morgan fingerprint density at radius 1 is 0.686 bits per heavy atom. The molecule has 0 amide bonds. The average molecular weight is 498 g/mol. The van der Waals surface area contributed by atoms with Crippen LogP contribution in [-0.4, -0.2) is 37.7 Å². The van der Waals surface area contributed by atoms with Crippen LogP contribution in [0.15, 0.2) is 12.2 Å². The van der Waals surface area contributed by atoms with Crippen molar-refractivity contribution < 1.29 is 19.1 Å². The van der Waals surface area contributed by atoms with Crippen molar-refractivity contribution in [1.29, 1.82) is 0 Å². The number of carbonyl (C=O) groups excluding carboxylic acids is 2. The number of esters is 2. The SMILES string of the molecule is CC.CCCCCC/C=C\COC(=O)CCCNCCCC(=O)OC(CCCCC)CCCCC. The molecule has 0 atom stereocenters. The van der Waals surface area contributed by atoms with Crippen LogP contribution in [0.1, 0.15) is 144 Å². The Hall–Kier alpha value is -1.36. The summed E-state index contributed by atoms with van der Waals surface area (Å²) in [6.45, 7) is 12.5. The lowest BCUT2D eigenvalue weighted by Crippen LogP contribution is -2.21. The van der Waals surface area contributed by atoms with Crippen molar-refractivity contribution in [2.75, 3.05) is 19.7 Å². The van der Waals surface area contributed by atoms with E-state index in [0.717, 1.165) is 58.0 Å². The molecule has 0 aliphatic carbocycles. The molecule has 0 aromatic rings. The number of unbranched alkanes of at least 4 members (excludes halogenated alkanes) is 8. The molecule has 1 N–H and O–H groups in total. The maximum atomic E-state index is 12.2. The highest BCUT2D eigenvalue weighted by atomic mass is 16.5. The van der Waals surface area contributed by atoms with Crippen LogP contribution in [0.3, 0.4) is 0 Å². The third-order valence-corrected chi connectivity index (χ3v) is 5.76. The number of carbonyl (C=O) groups is 2. The molecule has 0 aromatic heterocycles. The van der Waals surface area contributed by atoms with Gasteiger partial charge in [-0.2, -0.15) is 0 Å². The van der Waals surface area contributed by atoms with Crippen molar-refractivity contribution in [1.82, 2.24) is 5.32 Å². The predicted molar refractivity (Wildman–Crippen MR) is 150 cm³/mol. The normalized spacial score (nSPS) is 10.9. The van der Waals surface area contributed by atoms with E-state index in [0.29, 0.717) is 19.4 Å². The summed E-state index contributed by atoms with van der Waals surface area (Å²) in [4.78, 5) is 23.9. The monoisotopic (exact) mass is 497 g/mol. The van der Waals surface area contributed by atoms with Gasteiger partial charge in [-0.15, -0.1) is 0 Å². The molecule has 0 aromatic carbocycles. The maximum Gasteiger partial charge on any atom is 0.306 e. The van der Waals surface area contributed by atoms with Crippen LogP contribution in [0, 0.1) is 0 Å². The second-order valence-electron chi connectivity index (χ2n) is 9.06. The maximum absolute atomic E-state index is 12.2. The Morgan fingerprint density at radius 3 is 1.80 bits per heavy atom. The van der Waals surface area contributed by atoms with Gasteiger partial charge in [0.05, 0.1) is 0 Å². The third kappa shape index (κ3) is 28.8. The molecule has 208 valence electrons. The first-order chi connectivity index (χ1) is 17.1. The van der Waals surface area contributed by atoms with Crippen LogP contribution in [0.4, 0.5) is 0 Å².